The van der Waals surface area contributed by atoms with Gasteiger partial charge in [-0.2, -0.15) is 0 Å². The van der Waals surface area contributed by atoms with Gasteiger partial charge in [-0.3, -0.25) is 4.99 Å². The second-order valence-electron chi connectivity index (χ2n) is 6.37. The number of hydrogen-bond donors (Lipinski definition) is 0. The molecule has 6 heteroatoms. The van der Waals surface area contributed by atoms with Crippen LogP contribution in [0.25, 0.3) is 11.3 Å². The van der Waals surface area contributed by atoms with Crippen LogP contribution >= 0.6 is 0 Å². The second kappa shape index (κ2) is 8.21. The summed E-state index contributed by atoms with van der Waals surface area (Å²) in [6, 6.07) is 10.5. The van der Waals surface area contributed by atoms with Crippen LogP contribution in [0.3, 0.4) is 0 Å². The SMILES string of the molecule is COCC#Cc1ccc2c(c1)C(c1c(F)cccc1OC)=NCc1cncnc1-2. The van der Waals surface area contributed by atoms with Crippen molar-refractivity contribution in [3.8, 4) is 28.8 Å². The lowest BCUT2D eigenvalue weighted by molar-refractivity contribution is 0.240. The molecule has 2 heterocycles. The highest BCUT2D eigenvalue weighted by Crippen LogP contribution is 2.34. The summed E-state index contributed by atoms with van der Waals surface area (Å²) in [7, 11) is 3.11. The zero-order valence-corrected chi connectivity index (χ0v) is 16.1. The van der Waals surface area contributed by atoms with E-state index in [0.717, 1.165) is 27.9 Å². The Labute approximate surface area is 168 Å². The van der Waals surface area contributed by atoms with Gasteiger partial charge in [-0.1, -0.05) is 24.0 Å². The van der Waals surface area contributed by atoms with Crippen LogP contribution in [0, 0.1) is 17.7 Å². The van der Waals surface area contributed by atoms with Crippen molar-refractivity contribution in [2.75, 3.05) is 20.8 Å². The van der Waals surface area contributed by atoms with E-state index >= 15 is 0 Å². The van der Waals surface area contributed by atoms with Crippen molar-refractivity contribution in [3.05, 3.63) is 77.0 Å². The van der Waals surface area contributed by atoms with Gasteiger partial charge in [-0.25, -0.2) is 14.4 Å². The van der Waals surface area contributed by atoms with Crippen LogP contribution in [-0.4, -0.2) is 36.5 Å². The van der Waals surface area contributed by atoms with Crippen molar-refractivity contribution in [3.63, 3.8) is 0 Å². The maximum absolute atomic E-state index is 14.9. The van der Waals surface area contributed by atoms with E-state index in [1.807, 2.05) is 18.2 Å². The van der Waals surface area contributed by atoms with E-state index in [1.54, 1.807) is 25.4 Å². The van der Waals surface area contributed by atoms with Gasteiger partial charge in [0.25, 0.3) is 0 Å². The number of hydrogen-bond acceptors (Lipinski definition) is 5. The molecule has 0 saturated carbocycles. The van der Waals surface area contributed by atoms with Crippen molar-refractivity contribution in [2.24, 2.45) is 4.99 Å². The van der Waals surface area contributed by atoms with Crippen LogP contribution in [0.1, 0.15) is 22.3 Å². The average Bonchev–Trinajstić information content (AvgIpc) is 2.90. The summed E-state index contributed by atoms with van der Waals surface area (Å²) in [5.74, 6) is 6.03. The number of halogens is 1. The van der Waals surface area contributed by atoms with Crippen molar-refractivity contribution >= 4 is 5.71 Å². The molecule has 144 valence electrons. The van der Waals surface area contributed by atoms with Gasteiger partial charge in [0.1, 0.15) is 24.5 Å². The van der Waals surface area contributed by atoms with Crippen LogP contribution in [0.4, 0.5) is 4.39 Å². The summed E-state index contributed by atoms with van der Waals surface area (Å²) in [4.78, 5) is 13.3. The highest BCUT2D eigenvalue weighted by molar-refractivity contribution is 6.18. The molecular weight excluding hydrogens is 369 g/mol. The molecule has 29 heavy (non-hydrogen) atoms. The molecule has 1 aromatic heterocycles. The van der Waals surface area contributed by atoms with Gasteiger partial charge in [0.15, 0.2) is 0 Å². The summed E-state index contributed by atoms with van der Waals surface area (Å²) in [6.45, 7) is 0.664. The van der Waals surface area contributed by atoms with E-state index in [1.165, 1.54) is 19.5 Å². The van der Waals surface area contributed by atoms with Gasteiger partial charge in [-0.05, 0) is 24.3 Å². The first kappa shape index (κ1) is 18.8. The molecular formula is C23H18FN3O2. The minimum absolute atomic E-state index is 0.319. The molecule has 0 radical (unpaired) electrons. The normalized spacial score (nSPS) is 12.0. The molecule has 0 bridgehead atoms. The van der Waals surface area contributed by atoms with Gasteiger partial charge < -0.3 is 9.47 Å². The van der Waals surface area contributed by atoms with Crippen molar-refractivity contribution in [2.45, 2.75) is 6.54 Å². The Morgan fingerprint density at radius 3 is 2.86 bits per heavy atom. The quantitative estimate of drug-likeness (QED) is 0.644. The summed E-state index contributed by atoms with van der Waals surface area (Å²) < 4.78 is 25.3. The van der Waals surface area contributed by atoms with E-state index < -0.39 is 5.82 Å². The smallest absolute Gasteiger partial charge is 0.136 e. The fourth-order valence-electron chi connectivity index (χ4n) is 3.32. The summed E-state index contributed by atoms with van der Waals surface area (Å²) in [6.07, 6.45) is 3.24. The highest BCUT2D eigenvalue weighted by atomic mass is 19.1. The fraction of sp³-hybridized carbons (Fsp3) is 0.174. The number of aromatic nitrogens is 2. The summed E-state index contributed by atoms with van der Waals surface area (Å²) in [5, 5.41) is 0. The lowest BCUT2D eigenvalue weighted by Crippen LogP contribution is -2.10. The highest BCUT2D eigenvalue weighted by Gasteiger charge is 2.24. The topological polar surface area (TPSA) is 56.6 Å². The number of fused-ring (bicyclic) bond motifs is 3. The molecule has 4 rings (SSSR count). The Bertz CT molecular complexity index is 1160. The molecule has 0 atom stereocenters. The van der Waals surface area contributed by atoms with Gasteiger partial charge >= 0.3 is 0 Å². The standard InChI is InChI=1S/C23H18FN3O2/c1-28-10-4-5-15-8-9-17-18(11-15)23(21-19(24)6-3-7-20(21)29-2)26-13-16-12-25-14-27-22(16)17/h3,6-9,11-12,14H,10,13H2,1-2H3. The predicted molar refractivity (Wildman–Crippen MR) is 109 cm³/mol. The molecule has 0 unspecified atom stereocenters. The first-order chi connectivity index (χ1) is 14.2. The molecule has 3 aromatic rings. The average molecular weight is 387 g/mol. The first-order valence-electron chi connectivity index (χ1n) is 9.01. The maximum atomic E-state index is 14.9. The molecule has 1 aliphatic rings. The number of methoxy groups -OCH3 is 2. The number of aliphatic imine (C=N–C) groups is 1. The van der Waals surface area contributed by atoms with E-state index in [4.69, 9.17) is 14.5 Å². The third kappa shape index (κ3) is 3.60. The van der Waals surface area contributed by atoms with Crippen LogP contribution in [0.2, 0.25) is 0 Å². The molecule has 2 aromatic carbocycles. The number of ether oxygens (including phenoxy) is 2. The van der Waals surface area contributed by atoms with Crippen LogP contribution in [0.5, 0.6) is 5.75 Å². The lowest BCUT2D eigenvalue weighted by atomic mass is 9.93. The van der Waals surface area contributed by atoms with E-state index in [2.05, 4.69) is 21.8 Å². The van der Waals surface area contributed by atoms with E-state index in [0.29, 0.717) is 30.2 Å². The van der Waals surface area contributed by atoms with Crippen molar-refractivity contribution < 1.29 is 13.9 Å². The molecule has 0 saturated heterocycles. The van der Waals surface area contributed by atoms with Gasteiger partial charge in [0, 0.05) is 35.6 Å². The van der Waals surface area contributed by atoms with Crippen molar-refractivity contribution in [1.29, 1.82) is 0 Å². The fourth-order valence-corrected chi connectivity index (χ4v) is 3.32. The Morgan fingerprint density at radius 1 is 1.14 bits per heavy atom. The first-order valence-corrected chi connectivity index (χ1v) is 9.01. The second-order valence-corrected chi connectivity index (χ2v) is 6.37. The summed E-state index contributed by atoms with van der Waals surface area (Å²) >= 11 is 0. The third-order valence-electron chi connectivity index (χ3n) is 4.61. The van der Waals surface area contributed by atoms with Crippen LogP contribution in [-0.2, 0) is 11.3 Å². The zero-order chi connectivity index (χ0) is 20.2. The van der Waals surface area contributed by atoms with E-state index in [-0.39, 0.29) is 0 Å². The van der Waals surface area contributed by atoms with Gasteiger partial charge in [-0.15, -0.1) is 0 Å². The Morgan fingerprint density at radius 2 is 2.03 bits per heavy atom. The molecule has 0 amide bonds. The van der Waals surface area contributed by atoms with Gasteiger partial charge in [0.2, 0.25) is 0 Å². The number of nitrogens with zero attached hydrogens (tertiary/aromatic N) is 3. The molecule has 0 spiro atoms. The Hall–Kier alpha value is -3.56. The third-order valence-corrected chi connectivity index (χ3v) is 4.61. The van der Waals surface area contributed by atoms with Crippen LogP contribution in [0.15, 0.2) is 53.9 Å². The molecule has 1 aliphatic heterocycles. The maximum Gasteiger partial charge on any atom is 0.136 e. The predicted octanol–water partition coefficient (Wildman–Crippen LogP) is 3.64. The Kier molecular flexibility index (Phi) is 5.32. The lowest BCUT2D eigenvalue weighted by Gasteiger charge is -2.14. The molecule has 0 aliphatic carbocycles. The molecule has 0 N–H and O–H groups in total. The van der Waals surface area contributed by atoms with Crippen LogP contribution < -0.4 is 4.74 Å². The largest absolute Gasteiger partial charge is 0.496 e. The monoisotopic (exact) mass is 387 g/mol. The molecule has 0 fully saturated rings. The molecule has 5 nitrogen and oxygen atoms in total. The van der Waals surface area contributed by atoms with Crippen molar-refractivity contribution in [1.82, 2.24) is 9.97 Å². The zero-order valence-electron chi connectivity index (χ0n) is 16.1. The van der Waals surface area contributed by atoms with E-state index in [9.17, 15) is 4.39 Å². The Balaban J connectivity index is 1.97. The number of rotatable bonds is 3. The minimum atomic E-state index is -0.401. The summed E-state index contributed by atoms with van der Waals surface area (Å²) in [5.41, 5.74) is 4.85. The minimum Gasteiger partial charge on any atom is -0.496 e. The number of benzene rings is 2. The van der Waals surface area contributed by atoms with Gasteiger partial charge in [0.05, 0.1) is 30.6 Å².